The van der Waals surface area contributed by atoms with E-state index in [1.54, 1.807) is 0 Å². The van der Waals surface area contributed by atoms with Gasteiger partial charge >= 0.3 is 0 Å². The van der Waals surface area contributed by atoms with Gasteiger partial charge in [-0.2, -0.15) is 0 Å². The normalized spacial score (nSPS) is 19.6. The van der Waals surface area contributed by atoms with E-state index in [0.29, 0.717) is 18.3 Å². The van der Waals surface area contributed by atoms with Crippen molar-refractivity contribution in [3.05, 3.63) is 18.0 Å². The molecule has 1 unspecified atom stereocenters. The molecule has 0 aromatic carbocycles. The lowest BCUT2D eigenvalue weighted by Gasteiger charge is -2.33. The largest absolute Gasteiger partial charge is 0.319 e. The molecule has 2 amide bonds. The standard InChI is InChI=1S/C11H12N4O3/c1-2-8-10(18)14-9(17)5-15(8)11-12-3-7(6-16)4-13-11/h3-4,6,8H,2,5H2,1H3,(H,14,17,18). The molecule has 1 aromatic heterocycles. The maximum Gasteiger partial charge on any atom is 0.249 e. The first kappa shape index (κ1) is 12.2. The fourth-order valence-electron chi connectivity index (χ4n) is 1.82. The smallest absolute Gasteiger partial charge is 0.249 e. The molecule has 7 heteroatoms. The molecule has 1 aromatic rings. The fourth-order valence-corrected chi connectivity index (χ4v) is 1.82. The van der Waals surface area contributed by atoms with Gasteiger partial charge in [0.2, 0.25) is 17.8 Å². The van der Waals surface area contributed by atoms with Crippen LogP contribution in [0.4, 0.5) is 5.95 Å². The summed E-state index contributed by atoms with van der Waals surface area (Å²) in [5, 5.41) is 2.27. The Kier molecular flexibility index (Phi) is 3.31. The molecule has 0 spiro atoms. The summed E-state index contributed by atoms with van der Waals surface area (Å²) in [6, 6.07) is -0.468. The highest BCUT2D eigenvalue weighted by Crippen LogP contribution is 2.15. The molecule has 0 radical (unpaired) electrons. The Hall–Kier alpha value is -2.31. The highest BCUT2D eigenvalue weighted by atomic mass is 16.2. The van der Waals surface area contributed by atoms with Crippen LogP contribution in [-0.2, 0) is 9.59 Å². The van der Waals surface area contributed by atoms with E-state index in [0.717, 1.165) is 0 Å². The lowest BCUT2D eigenvalue weighted by Crippen LogP contribution is -2.58. The molecular weight excluding hydrogens is 236 g/mol. The Morgan fingerprint density at radius 3 is 2.67 bits per heavy atom. The van der Waals surface area contributed by atoms with Crippen LogP contribution in [0.25, 0.3) is 0 Å². The van der Waals surface area contributed by atoms with Gasteiger partial charge in [0.25, 0.3) is 0 Å². The van der Waals surface area contributed by atoms with Crippen LogP contribution in [0.5, 0.6) is 0 Å². The molecule has 0 saturated carbocycles. The zero-order valence-electron chi connectivity index (χ0n) is 9.79. The SMILES string of the molecule is CCC1C(=O)NC(=O)CN1c1ncc(C=O)cn1. The van der Waals surface area contributed by atoms with Crippen LogP contribution in [0.15, 0.2) is 12.4 Å². The van der Waals surface area contributed by atoms with Gasteiger partial charge < -0.3 is 4.90 Å². The maximum atomic E-state index is 11.7. The quantitative estimate of drug-likeness (QED) is 0.574. The predicted octanol–water partition coefficient (Wildman–Crippen LogP) is -0.470. The summed E-state index contributed by atoms with van der Waals surface area (Å²) >= 11 is 0. The summed E-state index contributed by atoms with van der Waals surface area (Å²) in [6.45, 7) is 1.87. The first-order chi connectivity index (χ1) is 8.65. The average Bonchev–Trinajstić information content (AvgIpc) is 2.38. The Labute approximate surface area is 103 Å². The first-order valence-electron chi connectivity index (χ1n) is 5.53. The highest BCUT2D eigenvalue weighted by Gasteiger charge is 2.33. The number of aldehydes is 1. The van der Waals surface area contributed by atoms with E-state index in [4.69, 9.17) is 0 Å². The van der Waals surface area contributed by atoms with E-state index in [-0.39, 0.29) is 24.3 Å². The summed E-state index contributed by atoms with van der Waals surface area (Å²) < 4.78 is 0. The van der Waals surface area contributed by atoms with E-state index >= 15 is 0 Å². The molecule has 18 heavy (non-hydrogen) atoms. The van der Waals surface area contributed by atoms with Crippen molar-refractivity contribution in [1.82, 2.24) is 15.3 Å². The topological polar surface area (TPSA) is 92.3 Å². The number of amides is 2. The summed E-state index contributed by atoms with van der Waals surface area (Å²) in [4.78, 5) is 43.0. The van der Waals surface area contributed by atoms with Gasteiger partial charge in [0, 0.05) is 12.4 Å². The molecule has 1 fully saturated rings. The number of anilines is 1. The zero-order valence-corrected chi connectivity index (χ0v) is 9.79. The monoisotopic (exact) mass is 248 g/mol. The van der Waals surface area contributed by atoms with Gasteiger partial charge in [-0.05, 0) is 6.42 Å². The number of nitrogens with one attached hydrogen (secondary N) is 1. The Bertz CT molecular complexity index is 486. The molecule has 94 valence electrons. The molecular formula is C11H12N4O3. The maximum absolute atomic E-state index is 11.7. The average molecular weight is 248 g/mol. The summed E-state index contributed by atoms with van der Waals surface area (Å²) in [6.07, 6.45) is 3.89. The number of carbonyl (C=O) groups excluding carboxylic acids is 3. The second-order valence-electron chi connectivity index (χ2n) is 3.90. The van der Waals surface area contributed by atoms with Crippen molar-refractivity contribution >= 4 is 24.0 Å². The van der Waals surface area contributed by atoms with Crippen LogP contribution in [0, 0.1) is 0 Å². The second-order valence-corrected chi connectivity index (χ2v) is 3.90. The van der Waals surface area contributed by atoms with Crippen molar-refractivity contribution in [2.45, 2.75) is 19.4 Å². The molecule has 1 atom stereocenters. The lowest BCUT2D eigenvalue weighted by molar-refractivity contribution is -0.133. The minimum atomic E-state index is -0.468. The molecule has 1 N–H and O–H groups in total. The van der Waals surface area contributed by atoms with Crippen molar-refractivity contribution < 1.29 is 14.4 Å². The number of imide groups is 1. The molecule has 1 saturated heterocycles. The predicted molar refractivity (Wildman–Crippen MR) is 62.0 cm³/mol. The number of hydrogen-bond acceptors (Lipinski definition) is 6. The lowest BCUT2D eigenvalue weighted by atomic mass is 10.1. The zero-order chi connectivity index (χ0) is 13.1. The van der Waals surface area contributed by atoms with E-state index in [2.05, 4.69) is 15.3 Å². The van der Waals surface area contributed by atoms with Gasteiger partial charge in [0.05, 0.1) is 5.56 Å². The summed E-state index contributed by atoms with van der Waals surface area (Å²) in [5.41, 5.74) is 0.347. The summed E-state index contributed by atoms with van der Waals surface area (Å²) in [5.74, 6) is -0.458. The highest BCUT2D eigenvalue weighted by molar-refractivity contribution is 6.04. The molecule has 1 aliphatic rings. The van der Waals surface area contributed by atoms with Crippen molar-refractivity contribution in [3.63, 3.8) is 0 Å². The van der Waals surface area contributed by atoms with E-state index in [1.165, 1.54) is 17.3 Å². The van der Waals surface area contributed by atoms with Crippen LogP contribution in [0.2, 0.25) is 0 Å². The van der Waals surface area contributed by atoms with E-state index < -0.39 is 6.04 Å². The Balaban J connectivity index is 2.30. The van der Waals surface area contributed by atoms with Gasteiger partial charge in [0.1, 0.15) is 12.6 Å². The molecule has 0 aliphatic carbocycles. The molecule has 7 nitrogen and oxygen atoms in total. The van der Waals surface area contributed by atoms with Crippen molar-refractivity contribution in [2.75, 3.05) is 11.4 Å². The number of piperazine rings is 1. The summed E-state index contributed by atoms with van der Waals surface area (Å²) in [7, 11) is 0. The van der Waals surface area contributed by atoms with Gasteiger partial charge in [-0.1, -0.05) is 6.92 Å². The van der Waals surface area contributed by atoms with Crippen molar-refractivity contribution in [2.24, 2.45) is 0 Å². The van der Waals surface area contributed by atoms with Crippen LogP contribution in [0.3, 0.4) is 0 Å². The number of hydrogen-bond donors (Lipinski definition) is 1. The molecule has 2 heterocycles. The fraction of sp³-hybridized carbons (Fsp3) is 0.364. The minimum absolute atomic E-state index is 0.0324. The van der Waals surface area contributed by atoms with Crippen molar-refractivity contribution in [3.8, 4) is 0 Å². The minimum Gasteiger partial charge on any atom is -0.319 e. The number of rotatable bonds is 3. The van der Waals surface area contributed by atoms with Gasteiger partial charge in [-0.3, -0.25) is 19.7 Å². The Morgan fingerprint density at radius 1 is 1.44 bits per heavy atom. The van der Waals surface area contributed by atoms with Gasteiger partial charge in [0.15, 0.2) is 6.29 Å². The molecule has 0 bridgehead atoms. The molecule has 1 aliphatic heterocycles. The van der Waals surface area contributed by atoms with Crippen molar-refractivity contribution in [1.29, 1.82) is 0 Å². The van der Waals surface area contributed by atoms with Gasteiger partial charge in [-0.25, -0.2) is 9.97 Å². The number of aromatic nitrogens is 2. The number of nitrogens with zero attached hydrogens (tertiary/aromatic N) is 3. The number of carbonyl (C=O) groups is 3. The van der Waals surface area contributed by atoms with Gasteiger partial charge in [-0.15, -0.1) is 0 Å². The Morgan fingerprint density at radius 2 is 2.11 bits per heavy atom. The van der Waals surface area contributed by atoms with E-state index in [1.807, 2.05) is 6.92 Å². The first-order valence-corrected chi connectivity index (χ1v) is 5.53. The van der Waals surface area contributed by atoms with E-state index in [9.17, 15) is 14.4 Å². The van der Waals surface area contributed by atoms with Crippen LogP contribution < -0.4 is 10.2 Å². The third-order valence-corrected chi connectivity index (χ3v) is 2.69. The molecule has 2 rings (SSSR count). The third kappa shape index (κ3) is 2.20. The van der Waals surface area contributed by atoms with Crippen LogP contribution in [0.1, 0.15) is 23.7 Å². The third-order valence-electron chi connectivity index (χ3n) is 2.69. The van der Waals surface area contributed by atoms with Crippen LogP contribution >= 0.6 is 0 Å². The van der Waals surface area contributed by atoms with Crippen LogP contribution in [-0.4, -0.2) is 40.7 Å². The second kappa shape index (κ2) is 4.91.